The molecule has 0 saturated heterocycles. The summed E-state index contributed by atoms with van der Waals surface area (Å²) >= 11 is 3.06. The molecule has 2 aromatic rings. The Morgan fingerprint density at radius 2 is 1.87 bits per heavy atom. The van der Waals surface area contributed by atoms with Crippen molar-refractivity contribution in [3.8, 4) is 0 Å². The number of aromatic nitrogens is 2. The van der Waals surface area contributed by atoms with Gasteiger partial charge in [0.15, 0.2) is 0 Å². The van der Waals surface area contributed by atoms with Crippen molar-refractivity contribution in [1.82, 2.24) is 9.78 Å². The summed E-state index contributed by atoms with van der Waals surface area (Å²) < 4.78 is 1.41. The van der Waals surface area contributed by atoms with Crippen LogP contribution in [-0.4, -0.2) is 25.5 Å². The number of anilines is 1. The first-order valence-corrected chi connectivity index (χ1v) is 7.00. The van der Waals surface area contributed by atoms with Crippen molar-refractivity contribution in [3.63, 3.8) is 0 Å². The first kappa shape index (κ1) is 16.5. The lowest BCUT2D eigenvalue weighted by Gasteiger charge is -2.04. The molecule has 1 aromatic carbocycles. The van der Waals surface area contributed by atoms with Crippen LogP contribution in [0.4, 0.5) is 17.2 Å². The lowest BCUT2D eigenvalue weighted by molar-refractivity contribution is -0.390. The zero-order chi connectivity index (χ0) is 17.1. The third kappa shape index (κ3) is 3.69. The molecule has 0 atom stereocenters. The number of halogens is 1. The minimum atomic E-state index is -0.651. The van der Waals surface area contributed by atoms with E-state index >= 15 is 0 Å². The molecular weight excluding hydrogens is 374 g/mol. The van der Waals surface area contributed by atoms with Gasteiger partial charge >= 0.3 is 5.82 Å². The number of nitro groups is 2. The number of carbonyl (C=O) groups excluding carboxylic acids is 1. The van der Waals surface area contributed by atoms with Gasteiger partial charge in [-0.05, 0) is 39.9 Å². The second-order valence-corrected chi connectivity index (χ2v) is 5.28. The van der Waals surface area contributed by atoms with Crippen molar-refractivity contribution in [2.75, 3.05) is 5.32 Å². The van der Waals surface area contributed by atoms with Crippen LogP contribution >= 0.6 is 15.9 Å². The first-order chi connectivity index (χ1) is 10.8. The van der Waals surface area contributed by atoms with E-state index < -0.39 is 15.8 Å². The Bertz CT molecular complexity index is 786. The molecule has 0 radical (unpaired) electrons. The van der Waals surface area contributed by atoms with Crippen molar-refractivity contribution < 1.29 is 14.6 Å². The van der Waals surface area contributed by atoms with Crippen LogP contribution in [0, 0.1) is 27.2 Å². The molecule has 1 N–H and O–H groups in total. The molecule has 0 saturated carbocycles. The fraction of sp³-hybridized carbons (Fsp3) is 0.167. The van der Waals surface area contributed by atoms with Gasteiger partial charge in [0.2, 0.25) is 5.91 Å². The highest BCUT2D eigenvalue weighted by molar-refractivity contribution is 9.10. The molecule has 0 aliphatic heterocycles. The van der Waals surface area contributed by atoms with E-state index in [9.17, 15) is 25.0 Å². The standard InChI is InChI=1S/C12H10BrN5O5/c1-7-11(13)12(18(22)23)15-16(7)6-10(19)14-8-2-4-9(5-3-8)17(20)21/h2-5H,6H2,1H3,(H,14,19). The summed E-state index contributed by atoms with van der Waals surface area (Å²) in [5.41, 5.74) is 0.722. The lowest BCUT2D eigenvalue weighted by atomic mass is 10.3. The Morgan fingerprint density at radius 3 is 2.35 bits per heavy atom. The molecule has 11 heteroatoms. The molecule has 0 aliphatic carbocycles. The van der Waals surface area contributed by atoms with Gasteiger partial charge in [-0.2, -0.15) is 4.68 Å². The second kappa shape index (κ2) is 6.52. The van der Waals surface area contributed by atoms with E-state index in [0.29, 0.717) is 11.4 Å². The third-order valence-electron chi connectivity index (χ3n) is 2.94. The predicted molar refractivity (Wildman–Crippen MR) is 83.0 cm³/mol. The SMILES string of the molecule is Cc1c(Br)c([N+](=O)[O-])nn1CC(=O)Nc1ccc([N+](=O)[O-])cc1. The van der Waals surface area contributed by atoms with Gasteiger partial charge in [0.1, 0.15) is 11.0 Å². The van der Waals surface area contributed by atoms with Gasteiger partial charge in [0.25, 0.3) is 5.69 Å². The van der Waals surface area contributed by atoms with Crippen molar-refractivity contribution in [1.29, 1.82) is 0 Å². The Morgan fingerprint density at radius 1 is 1.26 bits per heavy atom. The van der Waals surface area contributed by atoms with Crippen LogP contribution in [0.1, 0.15) is 5.69 Å². The predicted octanol–water partition coefficient (Wildman–Crippen LogP) is 2.41. The molecule has 0 unspecified atom stereocenters. The fourth-order valence-corrected chi connectivity index (χ4v) is 2.21. The topological polar surface area (TPSA) is 133 Å². The number of rotatable bonds is 5. The Balaban J connectivity index is 2.09. The smallest absolute Gasteiger partial charge is 0.358 e. The average molecular weight is 384 g/mol. The van der Waals surface area contributed by atoms with Crippen LogP contribution in [0.2, 0.25) is 0 Å². The van der Waals surface area contributed by atoms with E-state index in [2.05, 4.69) is 26.3 Å². The van der Waals surface area contributed by atoms with E-state index in [0.717, 1.165) is 0 Å². The Labute approximate surface area is 137 Å². The van der Waals surface area contributed by atoms with Gasteiger partial charge in [0.05, 0.1) is 15.7 Å². The molecule has 120 valence electrons. The number of amides is 1. The molecule has 1 aromatic heterocycles. The van der Waals surface area contributed by atoms with Crippen molar-refractivity contribution in [3.05, 3.63) is 54.7 Å². The zero-order valence-electron chi connectivity index (χ0n) is 11.7. The van der Waals surface area contributed by atoms with Gasteiger partial charge in [0, 0.05) is 17.8 Å². The number of nitro benzene ring substituents is 1. The summed E-state index contributed by atoms with van der Waals surface area (Å²) in [4.78, 5) is 32.1. The number of benzene rings is 1. The maximum atomic E-state index is 12.0. The normalized spacial score (nSPS) is 10.3. The van der Waals surface area contributed by atoms with E-state index in [1.165, 1.54) is 28.9 Å². The molecule has 0 bridgehead atoms. The van der Waals surface area contributed by atoms with Crippen molar-refractivity contribution >= 4 is 39.0 Å². The molecule has 10 nitrogen and oxygen atoms in total. The second-order valence-electron chi connectivity index (χ2n) is 4.49. The molecule has 2 rings (SSSR count). The minimum absolute atomic E-state index is 0.0922. The summed E-state index contributed by atoms with van der Waals surface area (Å²) in [6.45, 7) is 1.36. The zero-order valence-corrected chi connectivity index (χ0v) is 13.3. The minimum Gasteiger partial charge on any atom is -0.358 e. The maximum Gasteiger partial charge on any atom is 0.404 e. The van der Waals surface area contributed by atoms with E-state index in [4.69, 9.17) is 0 Å². The molecule has 1 amide bonds. The fourth-order valence-electron chi connectivity index (χ4n) is 1.78. The van der Waals surface area contributed by atoms with Gasteiger partial charge in [-0.25, -0.2) is 0 Å². The van der Waals surface area contributed by atoms with Crippen LogP contribution in [0.5, 0.6) is 0 Å². The summed E-state index contributed by atoms with van der Waals surface area (Å²) in [6, 6.07) is 5.31. The van der Waals surface area contributed by atoms with Crippen molar-refractivity contribution in [2.45, 2.75) is 13.5 Å². The number of carbonyl (C=O) groups is 1. The van der Waals surface area contributed by atoms with Crippen LogP contribution < -0.4 is 5.32 Å². The number of non-ortho nitro benzene ring substituents is 1. The summed E-state index contributed by atoms with van der Waals surface area (Å²) in [6.07, 6.45) is 0. The average Bonchev–Trinajstić information content (AvgIpc) is 2.76. The van der Waals surface area contributed by atoms with Crippen LogP contribution in [0.25, 0.3) is 0 Å². The van der Waals surface area contributed by atoms with Crippen LogP contribution in [0.3, 0.4) is 0 Å². The lowest BCUT2D eigenvalue weighted by Crippen LogP contribution is -2.20. The maximum absolute atomic E-state index is 12.0. The molecule has 0 spiro atoms. The van der Waals surface area contributed by atoms with Gasteiger partial charge in [-0.3, -0.25) is 14.9 Å². The van der Waals surface area contributed by atoms with Crippen LogP contribution in [-0.2, 0) is 11.3 Å². The first-order valence-electron chi connectivity index (χ1n) is 6.21. The van der Waals surface area contributed by atoms with E-state index in [1.54, 1.807) is 6.92 Å². The summed E-state index contributed by atoms with van der Waals surface area (Å²) in [5, 5.41) is 27.6. The third-order valence-corrected chi connectivity index (χ3v) is 3.87. The monoisotopic (exact) mass is 383 g/mol. The highest BCUT2D eigenvalue weighted by Crippen LogP contribution is 2.26. The van der Waals surface area contributed by atoms with Crippen molar-refractivity contribution in [2.24, 2.45) is 0 Å². The van der Waals surface area contributed by atoms with E-state index in [1.807, 2.05) is 0 Å². The molecular formula is C12H10BrN5O5. The number of hydrogen-bond donors (Lipinski definition) is 1. The van der Waals surface area contributed by atoms with E-state index in [-0.39, 0.29) is 22.5 Å². The molecule has 0 fully saturated rings. The molecule has 1 heterocycles. The summed E-state index contributed by atoms with van der Waals surface area (Å²) in [5.74, 6) is -0.836. The van der Waals surface area contributed by atoms with Crippen LogP contribution in [0.15, 0.2) is 28.7 Å². The quantitative estimate of drug-likeness (QED) is 0.622. The highest BCUT2D eigenvalue weighted by atomic mass is 79.9. The number of hydrogen-bond acceptors (Lipinski definition) is 6. The van der Waals surface area contributed by atoms with Gasteiger partial charge in [-0.1, -0.05) is 0 Å². The largest absolute Gasteiger partial charge is 0.404 e. The highest BCUT2D eigenvalue weighted by Gasteiger charge is 2.24. The molecule has 0 aliphatic rings. The molecule has 23 heavy (non-hydrogen) atoms. The summed E-state index contributed by atoms with van der Waals surface area (Å²) in [7, 11) is 0. The number of nitrogens with one attached hydrogen (secondary N) is 1. The number of nitrogens with zero attached hydrogens (tertiary/aromatic N) is 4. The Hall–Kier alpha value is -2.82. The van der Waals surface area contributed by atoms with Gasteiger partial charge in [-0.15, -0.1) is 0 Å². The van der Waals surface area contributed by atoms with Gasteiger partial charge < -0.3 is 15.4 Å². The Kier molecular flexibility index (Phi) is 4.69.